The van der Waals surface area contributed by atoms with Crippen molar-refractivity contribution >= 4 is 33.3 Å². The van der Waals surface area contributed by atoms with Gasteiger partial charge in [-0.25, -0.2) is 9.97 Å². The molecule has 0 radical (unpaired) electrons. The molecule has 0 fully saturated rings. The molecule has 4 rings (SSSR count). The maximum atomic E-state index is 12.6. The quantitative estimate of drug-likeness (QED) is 0.537. The Morgan fingerprint density at radius 1 is 1.04 bits per heavy atom. The van der Waals surface area contributed by atoms with Crippen LogP contribution in [0, 0.1) is 0 Å². The van der Waals surface area contributed by atoms with Crippen LogP contribution >= 0.6 is 11.3 Å². The third kappa shape index (κ3) is 3.52. The van der Waals surface area contributed by atoms with Gasteiger partial charge in [-0.15, -0.1) is 11.3 Å². The summed E-state index contributed by atoms with van der Waals surface area (Å²) in [5, 5.41) is 3.68. The fourth-order valence-electron chi connectivity index (χ4n) is 2.77. The van der Waals surface area contributed by atoms with E-state index in [0.29, 0.717) is 22.9 Å². The van der Waals surface area contributed by atoms with E-state index < -0.39 is 0 Å². The van der Waals surface area contributed by atoms with Crippen LogP contribution in [0.2, 0.25) is 0 Å². The predicted octanol–water partition coefficient (Wildman–Crippen LogP) is 4.63. The molecule has 0 unspecified atom stereocenters. The fourth-order valence-corrected chi connectivity index (χ4v) is 3.72. The Morgan fingerprint density at radius 2 is 1.89 bits per heavy atom. The summed E-state index contributed by atoms with van der Waals surface area (Å²) < 4.78 is 11.6. The number of hydrogen-bond donors (Lipinski definition) is 1. The normalized spacial score (nSPS) is 10.6. The van der Waals surface area contributed by atoms with Gasteiger partial charge < -0.3 is 14.8 Å². The van der Waals surface area contributed by atoms with Crippen LogP contribution in [0.15, 0.2) is 60.8 Å². The summed E-state index contributed by atoms with van der Waals surface area (Å²) in [4.78, 5) is 21.6. The van der Waals surface area contributed by atoms with Gasteiger partial charge >= 0.3 is 0 Å². The molecule has 0 aliphatic carbocycles. The highest BCUT2D eigenvalue weighted by molar-refractivity contribution is 7.21. The molecule has 2 aromatic carbocycles. The smallest absolute Gasteiger partial charge is 0.260 e. The van der Waals surface area contributed by atoms with Crippen molar-refractivity contribution in [3.8, 4) is 22.1 Å². The standard InChI is InChI=1S/C21H17N3O3S/c1-26-14-8-9-17(27-2)15(11-14)20(25)24-19-10-7-13(12-22-19)21-23-16-5-3-4-6-18(16)28-21/h3-12H,1-2H3,(H,22,24,25). The Hall–Kier alpha value is -3.45. The lowest BCUT2D eigenvalue weighted by atomic mass is 10.1. The third-order valence-electron chi connectivity index (χ3n) is 4.20. The van der Waals surface area contributed by atoms with Crippen LogP contribution in [-0.2, 0) is 0 Å². The molecule has 0 aliphatic heterocycles. The minimum absolute atomic E-state index is 0.323. The minimum Gasteiger partial charge on any atom is -0.497 e. The molecule has 7 heteroatoms. The van der Waals surface area contributed by atoms with Crippen LogP contribution in [0.5, 0.6) is 11.5 Å². The molecule has 140 valence electrons. The highest BCUT2D eigenvalue weighted by atomic mass is 32.1. The Bertz CT molecular complexity index is 1110. The molecular formula is C21H17N3O3S. The molecular weight excluding hydrogens is 374 g/mol. The highest BCUT2D eigenvalue weighted by Crippen LogP contribution is 2.30. The second-order valence-corrected chi connectivity index (χ2v) is 6.97. The molecule has 28 heavy (non-hydrogen) atoms. The highest BCUT2D eigenvalue weighted by Gasteiger charge is 2.15. The Morgan fingerprint density at radius 3 is 2.61 bits per heavy atom. The van der Waals surface area contributed by atoms with E-state index in [2.05, 4.69) is 15.3 Å². The summed E-state index contributed by atoms with van der Waals surface area (Å²) in [7, 11) is 3.06. The zero-order chi connectivity index (χ0) is 19.5. The van der Waals surface area contributed by atoms with E-state index in [1.54, 1.807) is 48.9 Å². The number of pyridine rings is 1. The first-order valence-electron chi connectivity index (χ1n) is 8.53. The molecule has 0 atom stereocenters. The minimum atomic E-state index is -0.323. The van der Waals surface area contributed by atoms with Crippen LogP contribution in [0.3, 0.4) is 0 Å². The van der Waals surface area contributed by atoms with Gasteiger partial charge in [0.15, 0.2) is 0 Å². The van der Waals surface area contributed by atoms with Gasteiger partial charge in [-0.3, -0.25) is 4.79 Å². The number of carbonyl (C=O) groups excluding carboxylic acids is 1. The molecule has 0 bridgehead atoms. The molecule has 0 aliphatic rings. The van der Waals surface area contributed by atoms with Gasteiger partial charge in [0.1, 0.15) is 22.3 Å². The molecule has 6 nitrogen and oxygen atoms in total. The summed E-state index contributed by atoms with van der Waals surface area (Å²) in [5.41, 5.74) is 2.24. The topological polar surface area (TPSA) is 73.3 Å². The van der Waals surface area contributed by atoms with E-state index in [4.69, 9.17) is 9.47 Å². The van der Waals surface area contributed by atoms with Crippen molar-refractivity contribution in [2.45, 2.75) is 0 Å². The van der Waals surface area contributed by atoms with Gasteiger partial charge in [0, 0.05) is 11.8 Å². The van der Waals surface area contributed by atoms with E-state index in [-0.39, 0.29) is 5.91 Å². The number of amides is 1. The van der Waals surface area contributed by atoms with E-state index in [9.17, 15) is 4.79 Å². The second-order valence-electron chi connectivity index (χ2n) is 5.94. The Balaban J connectivity index is 1.55. The van der Waals surface area contributed by atoms with Crippen molar-refractivity contribution in [1.29, 1.82) is 0 Å². The van der Waals surface area contributed by atoms with Gasteiger partial charge in [-0.1, -0.05) is 12.1 Å². The lowest BCUT2D eigenvalue weighted by molar-refractivity contribution is 0.102. The summed E-state index contributed by atoms with van der Waals surface area (Å²) in [6, 6.07) is 16.7. The zero-order valence-corrected chi connectivity index (χ0v) is 16.1. The first kappa shape index (κ1) is 17.9. The van der Waals surface area contributed by atoms with E-state index in [1.165, 1.54) is 7.11 Å². The Kier molecular flexibility index (Phi) is 4.90. The van der Waals surface area contributed by atoms with Crippen molar-refractivity contribution in [3.05, 3.63) is 66.4 Å². The number of aromatic nitrogens is 2. The fraction of sp³-hybridized carbons (Fsp3) is 0.0952. The average molecular weight is 391 g/mol. The first-order valence-corrected chi connectivity index (χ1v) is 9.35. The summed E-state index contributed by atoms with van der Waals surface area (Å²) in [5.74, 6) is 1.16. The number of nitrogens with one attached hydrogen (secondary N) is 1. The van der Waals surface area contributed by atoms with Crippen LogP contribution in [-0.4, -0.2) is 30.1 Å². The lowest BCUT2D eigenvalue weighted by Crippen LogP contribution is -2.14. The van der Waals surface area contributed by atoms with Crippen molar-refractivity contribution in [3.63, 3.8) is 0 Å². The van der Waals surface area contributed by atoms with E-state index >= 15 is 0 Å². The van der Waals surface area contributed by atoms with Gasteiger partial charge in [0.05, 0.1) is 30.0 Å². The summed E-state index contributed by atoms with van der Waals surface area (Å²) in [6.45, 7) is 0. The van der Waals surface area contributed by atoms with Crippen molar-refractivity contribution in [2.75, 3.05) is 19.5 Å². The van der Waals surface area contributed by atoms with Gasteiger partial charge in [0.2, 0.25) is 0 Å². The number of thiazole rings is 1. The number of methoxy groups -OCH3 is 2. The van der Waals surface area contributed by atoms with Gasteiger partial charge in [-0.05, 0) is 42.5 Å². The molecule has 1 amide bonds. The van der Waals surface area contributed by atoms with Gasteiger partial charge in [-0.2, -0.15) is 0 Å². The average Bonchev–Trinajstić information content (AvgIpc) is 3.18. The number of fused-ring (bicyclic) bond motifs is 1. The largest absolute Gasteiger partial charge is 0.497 e. The Labute approximate surface area is 165 Å². The third-order valence-corrected chi connectivity index (χ3v) is 5.28. The molecule has 2 aromatic heterocycles. The summed E-state index contributed by atoms with van der Waals surface area (Å²) in [6.07, 6.45) is 1.70. The molecule has 0 saturated heterocycles. The van der Waals surface area contributed by atoms with Gasteiger partial charge in [0.25, 0.3) is 5.91 Å². The zero-order valence-electron chi connectivity index (χ0n) is 15.3. The van der Waals surface area contributed by atoms with Crippen molar-refractivity contribution in [2.24, 2.45) is 0 Å². The van der Waals surface area contributed by atoms with Crippen LogP contribution in [0.4, 0.5) is 5.82 Å². The lowest BCUT2D eigenvalue weighted by Gasteiger charge is -2.10. The monoisotopic (exact) mass is 391 g/mol. The number of rotatable bonds is 5. The van der Waals surface area contributed by atoms with Crippen molar-refractivity contribution < 1.29 is 14.3 Å². The van der Waals surface area contributed by atoms with E-state index in [0.717, 1.165) is 20.8 Å². The SMILES string of the molecule is COc1ccc(OC)c(C(=O)Nc2ccc(-c3nc4ccccc4s3)cn2)c1. The molecule has 2 heterocycles. The maximum Gasteiger partial charge on any atom is 0.260 e. The van der Waals surface area contributed by atoms with Crippen LogP contribution in [0.1, 0.15) is 10.4 Å². The number of hydrogen-bond acceptors (Lipinski definition) is 6. The number of nitrogens with zero attached hydrogens (tertiary/aromatic N) is 2. The maximum absolute atomic E-state index is 12.6. The predicted molar refractivity (Wildman–Crippen MR) is 110 cm³/mol. The molecule has 1 N–H and O–H groups in total. The van der Waals surface area contributed by atoms with Crippen LogP contribution < -0.4 is 14.8 Å². The van der Waals surface area contributed by atoms with Crippen LogP contribution in [0.25, 0.3) is 20.8 Å². The molecule has 0 spiro atoms. The number of anilines is 1. The number of ether oxygens (including phenoxy) is 2. The van der Waals surface area contributed by atoms with Crippen molar-refractivity contribution in [1.82, 2.24) is 9.97 Å². The summed E-state index contributed by atoms with van der Waals surface area (Å²) >= 11 is 1.61. The number of benzene rings is 2. The molecule has 4 aromatic rings. The first-order chi connectivity index (χ1) is 13.7. The number of para-hydroxylation sites is 1. The number of carbonyl (C=O) groups is 1. The molecule has 0 saturated carbocycles. The second kappa shape index (κ2) is 7.66. The van der Waals surface area contributed by atoms with E-state index in [1.807, 2.05) is 30.3 Å².